The number of sulfonamides is 1. The number of imidazole rings is 1. The highest BCUT2D eigenvalue weighted by atomic mass is 32.2. The molecule has 1 aromatic rings. The second-order valence-corrected chi connectivity index (χ2v) is 5.93. The zero-order valence-corrected chi connectivity index (χ0v) is 9.78. The van der Waals surface area contributed by atoms with Crippen molar-refractivity contribution in [1.29, 1.82) is 0 Å². The first kappa shape index (κ1) is 11.6. The highest BCUT2D eigenvalue weighted by Crippen LogP contribution is 2.21. The van der Waals surface area contributed by atoms with E-state index < -0.39 is 10.0 Å². The molecule has 1 aromatic heterocycles. The number of hydrogen-bond donors (Lipinski definition) is 2. The molecule has 7 heteroatoms. The lowest BCUT2D eigenvalue weighted by Gasteiger charge is -2.30. The summed E-state index contributed by atoms with van der Waals surface area (Å²) in [6, 6.07) is 0. The number of H-pyrrole nitrogens is 1. The lowest BCUT2D eigenvalue weighted by Crippen LogP contribution is -2.42. The first-order valence-electron chi connectivity index (χ1n) is 5.33. The molecule has 2 heterocycles. The van der Waals surface area contributed by atoms with Gasteiger partial charge in [0.05, 0.1) is 12.5 Å². The maximum Gasteiger partial charge on any atom is 0.260 e. The number of aromatic nitrogens is 2. The van der Waals surface area contributed by atoms with Gasteiger partial charge in [-0.3, -0.25) is 0 Å². The molecule has 1 unspecified atom stereocenters. The lowest BCUT2D eigenvalue weighted by atomic mass is 10.0. The summed E-state index contributed by atoms with van der Waals surface area (Å²) in [6.07, 6.45) is 4.58. The average Bonchev–Trinajstić information content (AvgIpc) is 2.83. The third-order valence-corrected chi connectivity index (χ3v) is 4.70. The van der Waals surface area contributed by atoms with Gasteiger partial charge in [0, 0.05) is 13.1 Å². The summed E-state index contributed by atoms with van der Waals surface area (Å²) in [5, 5.41) is 0.158. The van der Waals surface area contributed by atoms with Crippen molar-refractivity contribution in [2.75, 3.05) is 19.6 Å². The van der Waals surface area contributed by atoms with E-state index in [4.69, 9.17) is 5.73 Å². The Labute approximate surface area is 94.9 Å². The quantitative estimate of drug-likeness (QED) is 0.768. The highest BCUT2D eigenvalue weighted by Gasteiger charge is 2.30. The molecule has 1 aliphatic rings. The largest absolute Gasteiger partial charge is 0.335 e. The molecule has 1 atom stereocenters. The van der Waals surface area contributed by atoms with Crippen molar-refractivity contribution in [3.8, 4) is 0 Å². The third-order valence-electron chi connectivity index (χ3n) is 2.91. The first-order chi connectivity index (χ1) is 7.64. The van der Waals surface area contributed by atoms with E-state index in [1.807, 2.05) is 0 Å². The van der Waals surface area contributed by atoms with Crippen molar-refractivity contribution in [2.24, 2.45) is 11.7 Å². The molecule has 16 heavy (non-hydrogen) atoms. The number of nitrogens with one attached hydrogen (secondary N) is 1. The van der Waals surface area contributed by atoms with Crippen LogP contribution in [0.5, 0.6) is 0 Å². The Kier molecular flexibility index (Phi) is 3.27. The molecule has 0 saturated carbocycles. The second kappa shape index (κ2) is 4.52. The molecule has 1 fully saturated rings. The fraction of sp³-hybridized carbons (Fsp3) is 0.667. The van der Waals surface area contributed by atoms with Crippen molar-refractivity contribution in [1.82, 2.24) is 14.3 Å². The standard InChI is InChI=1S/C9H16N4O2S/c10-4-8-2-1-3-13(6-8)16(14,15)9-5-11-7-12-9/h5,7-8H,1-4,6,10H2,(H,11,12). The van der Waals surface area contributed by atoms with E-state index in [1.165, 1.54) is 16.8 Å². The van der Waals surface area contributed by atoms with Crippen LogP contribution >= 0.6 is 0 Å². The molecule has 0 aromatic carbocycles. The second-order valence-electron chi connectivity index (χ2n) is 4.02. The third kappa shape index (κ3) is 2.11. The lowest BCUT2D eigenvalue weighted by molar-refractivity contribution is 0.271. The smallest absolute Gasteiger partial charge is 0.260 e. The van der Waals surface area contributed by atoms with Crippen LogP contribution in [0.1, 0.15) is 12.8 Å². The highest BCUT2D eigenvalue weighted by molar-refractivity contribution is 7.89. The van der Waals surface area contributed by atoms with E-state index in [0.717, 1.165) is 12.8 Å². The van der Waals surface area contributed by atoms with E-state index in [2.05, 4.69) is 9.97 Å². The number of aromatic amines is 1. The maximum absolute atomic E-state index is 12.1. The van der Waals surface area contributed by atoms with Gasteiger partial charge in [-0.2, -0.15) is 4.31 Å². The minimum atomic E-state index is -3.40. The van der Waals surface area contributed by atoms with Crippen LogP contribution in [-0.4, -0.2) is 42.3 Å². The van der Waals surface area contributed by atoms with Crippen LogP contribution in [0.2, 0.25) is 0 Å². The van der Waals surface area contributed by atoms with Gasteiger partial charge in [0.2, 0.25) is 0 Å². The molecular weight excluding hydrogens is 228 g/mol. The summed E-state index contributed by atoms with van der Waals surface area (Å²) in [7, 11) is -3.40. The zero-order chi connectivity index (χ0) is 11.6. The molecule has 1 aliphatic heterocycles. The topological polar surface area (TPSA) is 92.1 Å². The number of rotatable bonds is 3. The van der Waals surface area contributed by atoms with Gasteiger partial charge in [-0.05, 0) is 25.3 Å². The molecule has 0 spiro atoms. The number of nitrogens with two attached hydrogens (primary N) is 1. The van der Waals surface area contributed by atoms with Gasteiger partial charge in [0.15, 0.2) is 5.03 Å². The monoisotopic (exact) mass is 244 g/mol. The molecule has 0 bridgehead atoms. The summed E-state index contributed by atoms with van der Waals surface area (Å²) in [6.45, 7) is 1.62. The van der Waals surface area contributed by atoms with E-state index in [9.17, 15) is 8.42 Å². The van der Waals surface area contributed by atoms with Gasteiger partial charge in [0.25, 0.3) is 10.0 Å². The van der Waals surface area contributed by atoms with Crippen LogP contribution in [0, 0.1) is 5.92 Å². The Morgan fingerprint density at radius 1 is 1.62 bits per heavy atom. The van der Waals surface area contributed by atoms with Crippen LogP contribution in [0.4, 0.5) is 0 Å². The van der Waals surface area contributed by atoms with Crippen molar-refractivity contribution in [2.45, 2.75) is 17.9 Å². The summed E-state index contributed by atoms with van der Waals surface area (Å²) >= 11 is 0. The zero-order valence-electron chi connectivity index (χ0n) is 8.96. The van der Waals surface area contributed by atoms with E-state index >= 15 is 0 Å². The minimum Gasteiger partial charge on any atom is -0.335 e. The van der Waals surface area contributed by atoms with Gasteiger partial charge >= 0.3 is 0 Å². The van der Waals surface area contributed by atoms with E-state index in [-0.39, 0.29) is 10.9 Å². The molecule has 90 valence electrons. The van der Waals surface area contributed by atoms with Crippen molar-refractivity contribution in [3.05, 3.63) is 12.5 Å². The van der Waals surface area contributed by atoms with Crippen molar-refractivity contribution >= 4 is 10.0 Å². The molecule has 6 nitrogen and oxygen atoms in total. The van der Waals surface area contributed by atoms with Crippen LogP contribution in [0.3, 0.4) is 0 Å². The van der Waals surface area contributed by atoms with Crippen molar-refractivity contribution < 1.29 is 8.42 Å². The molecule has 2 rings (SSSR count). The predicted octanol–water partition coefficient (Wildman–Crippen LogP) is -0.231. The Balaban J connectivity index is 2.18. The molecule has 3 N–H and O–H groups in total. The predicted molar refractivity (Wildman–Crippen MR) is 59.1 cm³/mol. The molecule has 0 aliphatic carbocycles. The summed E-state index contributed by atoms with van der Waals surface area (Å²) in [4.78, 5) is 6.37. The molecule has 0 amide bonds. The van der Waals surface area contributed by atoms with Gasteiger partial charge in [-0.1, -0.05) is 0 Å². The average molecular weight is 244 g/mol. The first-order valence-corrected chi connectivity index (χ1v) is 6.77. The summed E-state index contributed by atoms with van der Waals surface area (Å²) in [5.74, 6) is 0.270. The van der Waals surface area contributed by atoms with Crippen LogP contribution < -0.4 is 5.73 Å². The van der Waals surface area contributed by atoms with Gasteiger partial charge in [0.1, 0.15) is 0 Å². The maximum atomic E-state index is 12.1. The Morgan fingerprint density at radius 2 is 2.44 bits per heavy atom. The fourth-order valence-electron chi connectivity index (χ4n) is 1.96. The number of nitrogens with zero attached hydrogens (tertiary/aromatic N) is 2. The fourth-order valence-corrected chi connectivity index (χ4v) is 3.41. The molecular formula is C9H16N4O2S. The SMILES string of the molecule is NCC1CCCN(S(=O)(=O)c2cnc[nH]2)C1. The normalized spacial score (nSPS) is 23.4. The summed E-state index contributed by atoms with van der Waals surface area (Å²) in [5.41, 5.74) is 5.59. The van der Waals surface area contributed by atoms with Crippen LogP contribution in [0.15, 0.2) is 17.6 Å². The van der Waals surface area contributed by atoms with Gasteiger partial charge in [-0.15, -0.1) is 0 Å². The van der Waals surface area contributed by atoms with E-state index in [1.54, 1.807) is 0 Å². The Bertz CT molecular complexity index is 428. The van der Waals surface area contributed by atoms with Crippen LogP contribution in [0.25, 0.3) is 0 Å². The van der Waals surface area contributed by atoms with Crippen LogP contribution in [-0.2, 0) is 10.0 Å². The Morgan fingerprint density at radius 3 is 3.06 bits per heavy atom. The number of piperidine rings is 1. The minimum absolute atomic E-state index is 0.158. The summed E-state index contributed by atoms with van der Waals surface area (Å²) < 4.78 is 25.7. The van der Waals surface area contributed by atoms with Crippen molar-refractivity contribution in [3.63, 3.8) is 0 Å². The molecule has 0 radical (unpaired) electrons. The van der Waals surface area contributed by atoms with E-state index in [0.29, 0.717) is 19.6 Å². The number of hydrogen-bond acceptors (Lipinski definition) is 4. The van der Waals surface area contributed by atoms with Gasteiger partial charge < -0.3 is 10.7 Å². The van der Waals surface area contributed by atoms with Gasteiger partial charge in [-0.25, -0.2) is 13.4 Å². The Hall–Kier alpha value is -0.920. The molecule has 1 saturated heterocycles.